The molecule has 0 aromatic heterocycles. The lowest BCUT2D eigenvalue weighted by Gasteiger charge is -2.36. The molecule has 0 saturated carbocycles. The molecular weight excluding hydrogens is 240 g/mol. The van der Waals surface area contributed by atoms with Crippen molar-refractivity contribution >= 4 is 17.5 Å². The molecule has 1 fully saturated rings. The zero-order valence-corrected chi connectivity index (χ0v) is 9.76. The van der Waals surface area contributed by atoms with Crippen molar-refractivity contribution in [1.29, 1.82) is 5.26 Å². The number of hydrogen-bond acceptors (Lipinski definition) is 3. The first-order valence-corrected chi connectivity index (χ1v) is 5.62. The van der Waals surface area contributed by atoms with Gasteiger partial charge in [-0.15, -0.1) is 0 Å². The van der Waals surface area contributed by atoms with Crippen LogP contribution in [0.3, 0.4) is 0 Å². The Morgan fingerprint density at radius 1 is 1.53 bits per heavy atom. The van der Waals surface area contributed by atoms with Gasteiger partial charge in [0, 0.05) is 23.7 Å². The van der Waals surface area contributed by atoms with E-state index in [4.69, 9.17) is 16.9 Å². The highest BCUT2D eigenvalue weighted by atomic mass is 35.5. The van der Waals surface area contributed by atoms with Gasteiger partial charge >= 0.3 is 0 Å². The summed E-state index contributed by atoms with van der Waals surface area (Å²) in [5.41, 5.74) is 0.402. The predicted octanol–water partition coefficient (Wildman–Crippen LogP) is 1.36. The Labute approximate surface area is 104 Å². The fourth-order valence-corrected chi connectivity index (χ4v) is 1.98. The molecule has 1 aliphatic rings. The highest BCUT2D eigenvalue weighted by Crippen LogP contribution is 2.26. The first-order chi connectivity index (χ1) is 8.13. The largest absolute Gasteiger partial charge is 0.378 e. The maximum absolute atomic E-state index is 11.8. The van der Waals surface area contributed by atoms with E-state index < -0.39 is 12.0 Å². The van der Waals surface area contributed by atoms with Gasteiger partial charge in [-0.25, -0.2) is 0 Å². The second-order valence-corrected chi connectivity index (χ2v) is 4.40. The Bertz CT molecular complexity index is 478. The van der Waals surface area contributed by atoms with Crippen molar-refractivity contribution in [1.82, 2.24) is 4.90 Å². The summed E-state index contributed by atoms with van der Waals surface area (Å²) in [4.78, 5) is 13.3. The number of hydrogen-bond donors (Lipinski definition) is 1. The lowest BCUT2D eigenvalue weighted by Crippen LogP contribution is -2.51. The molecule has 1 unspecified atom stereocenters. The Morgan fingerprint density at radius 3 is 2.76 bits per heavy atom. The second kappa shape index (κ2) is 4.74. The van der Waals surface area contributed by atoms with Crippen LogP contribution >= 0.6 is 11.6 Å². The van der Waals surface area contributed by atoms with E-state index in [1.165, 1.54) is 4.90 Å². The minimum atomic E-state index is -1.25. The van der Waals surface area contributed by atoms with Crippen LogP contribution in [0.25, 0.3) is 0 Å². The molecule has 1 saturated heterocycles. The van der Waals surface area contributed by atoms with Gasteiger partial charge in [-0.3, -0.25) is 4.79 Å². The second-order valence-electron chi connectivity index (χ2n) is 3.99. The summed E-state index contributed by atoms with van der Waals surface area (Å²) >= 11 is 5.90. The quantitative estimate of drug-likeness (QED) is 0.862. The molecule has 2 rings (SSSR count). The van der Waals surface area contributed by atoms with E-state index in [9.17, 15) is 9.90 Å². The molecule has 5 heteroatoms. The molecule has 1 aromatic carbocycles. The zero-order valence-electron chi connectivity index (χ0n) is 9.01. The van der Waals surface area contributed by atoms with E-state index in [2.05, 4.69) is 6.07 Å². The number of amides is 1. The van der Waals surface area contributed by atoms with Crippen LogP contribution in [0, 0.1) is 17.2 Å². The summed E-state index contributed by atoms with van der Waals surface area (Å²) in [7, 11) is 0. The lowest BCUT2D eigenvalue weighted by molar-refractivity contribution is -0.145. The number of rotatable bonds is 2. The van der Waals surface area contributed by atoms with Gasteiger partial charge in [0.05, 0.1) is 12.0 Å². The van der Waals surface area contributed by atoms with Crippen molar-refractivity contribution in [3.63, 3.8) is 0 Å². The third-order valence-electron chi connectivity index (χ3n) is 2.81. The van der Waals surface area contributed by atoms with Crippen molar-refractivity contribution in [3.8, 4) is 6.07 Å². The van der Waals surface area contributed by atoms with Crippen molar-refractivity contribution in [2.75, 3.05) is 13.1 Å². The van der Waals surface area contributed by atoms with E-state index in [0.717, 1.165) is 0 Å². The normalized spacial score (nSPS) is 17.1. The van der Waals surface area contributed by atoms with E-state index in [0.29, 0.717) is 23.7 Å². The van der Waals surface area contributed by atoms with Crippen LogP contribution in [0.4, 0.5) is 0 Å². The highest BCUT2D eigenvalue weighted by molar-refractivity contribution is 6.31. The van der Waals surface area contributed by atoms with Crippen LogP contribution in [0.1, 0.15) is 11.7 Å². The lowest BCUT2D eigenvalue weighted by atomic mass is 9.99. The topological polar surface area (TPSA) is 64.3 Å². The van der Waals surface area contributed by atoms with Crippen molar-refractivity contribution in [2.45, 2.75) is 6.10 Å². The number of benzene rings is 1. The number of halogens is 1. The van der Waals surface area contributed by atoms with Crippen molar-refractivity contribution < 1.29 is 9.90 Å². The molecule has 1 aromatic rings. The SMILES string of the molecule is N#CC1CN(C(=O)C(O)c2ccccc2Cl)C1. The molecule has 88 valence electrons. The van der Waals surface area contributed by atoms with E-state index in [1.807, 2.05) is 0 Å². The number of carbonyl (C=O) groups is 1. The molecule has 4 nitrogen and oxygen atoms in total. The number of nitriles is 1. The Morgan fingerprint density at radius 2 is 2.18 bits per heavy atom. The van der Waals surface area contributed by atoms with Crippen LogP contribution in [0.15, 0.2) is 24.3 Å². The fourth-order valence-electron chi connectivity index (χ4n) is 1.74. The summed E-state index contributed by atoms with van der Waals surface area (Å²) in [5.74, 6) is -0.512. The first kappa shape index (κ1) is 11.9. The summed E-state index contributed by atoms with van der Waals surface area (Å²) in [5, 5.41) is 18.9. The number of carbonyl (C=O) groups excluding carboxylic acids is 1. The average Bonchev–Trinajstić information content (AvgIpc) is 2.27. The monoisotopic (exact) mass is 250 g/mol. The summed E-state index contributed by atoms with van der Waals surface area (Å²) in [6.07, 6.45) is -1.25. The van der Waals surface area contributed by atoms with Crippen LogP contribution in [0.5, 0.6) is 0 Å². The van der Waals surface area contributed by atoms with Gasteiger partial charge in [-0.1, -0.05) is 29.8 Å². The molecule has 0 bridgehead atoms. The van der Waals surface area contributed by atoms with Gasteiger partial charge in [0.15, 0.2) is 6.10 Å². The summed E-state index contributed by atoms with van der Waals surface area (Å²) in [6, 6.07) is 8.77. The van der Waals surface area contributed by atoms with E-state index in [1.54, 1.807) is 24.3 Å². The van der Waals surface area contributed by atoms with E-state index >= 15 is 0 Å². The van der Waals surface area contributed by atoms with Gasteiger partial charge in [-0.2, -0.15) is 5.26 Å². The van der Waals surface area contributed by atoms with Gasteiger partial charge in [0.2, 0.25) is 0 Å². The van der Waals surface area contributed by atoms with Crippen molar-refractivity contribution in [2.24, 2.45) is 5.92 Å². The molecule has 0 aliphatic carbocycles. The maximum atomic E-state index is 11.8. The average molecular weight is 251 g/mol. The highest BCUT2D eigenvalue weighted by Gasteiger charge is 2.34. The molecule has 1 heterocycles. The Balaban J connectivity index is 2.07. The third kappa shape index (κ3) is 2.26. The maximum Gasteiger partial charge on any atom is 0.256 e. The number of nitrogens with zero attached hydrogens (tertiary/aromatic N) is 2. The van der Waals surface area contributed by atoms with Gasteiger partial charge < -0.3 is 10.0 Å². The first-order valence-electron chi connectivity index (χ1n) is 5.24. The molecule has 1 N–H and O–H groups in total. The predicted molar refractivity (Wildman–Crippen MR) is 62.1 cm³/mol. The van der Waals surface area contributed by atoms with Crippen LogP contribution in [-0.2, 0) is 4.79 Å². The molecule has 0 radical (unpaired) electrons. The minimum Gasteiger partial charge on any atom is -0.378 e. The van der Waals surface area contributed by atoms with Crippen molar-refractivity contribution in [3.05, 3.63) is 34.9 Å². The fraction of sp³-hybridized carbons (Fsp3) is 0.333. The molecule has 0 spiro atoms. The third-order valence-corrected chi connectivity index (χ3v) is 3.15. The van der Waals surface area contributed by atoms with Crippen LogP contribution < -0.4 is 0 Å². The van der Waals surface area contributed by atoms with Gasteiger partial charge in [0.25, 0.3) is 5.91 Å². The standard InChI is InChI=1S/C12H11ClN2O2/c13-10-4-2-1-3-9(10)11(16)12(17)15-6-8(5-14)7-15/h1-4,8,11,16H,6-7H2. The zero-order chi connectivity index (χ0) is 12.4. The van der Waals surface area contributed by atoms with Crippen LogP contribution in [0.2, 0.25) is 5.02 Å². The molecule has 1 amide bonds. The number of likely N-dealkylation sites (tertiary alicyclic amines) is 1. The molecule has 1 atom stereocenters. The smallest absolute Gasteiger partial charge is 0.256 e. The van der Waals surface area contributed by atoms with Crippen LogP contribution in [-0.4, -0.2) is 29.0 Å². The van der Waals surface area contributed by atoms with Gasteiger partial charge in [0.1, 0.15) is 0 Å². The molecule has 1 aliphatic heterocycles. The number of aliphatic hydroxyl groups is 1. The Kier molecular flexibility index (Phi) is 3.32. The summed E-state index contributed by atoms with van der Waals surface area (Å²) in [6.45, 7) is 0.772. The summed E-state index contributed by atoms with van der Waals surface area (Å²) < 4.78 is 0. The minimum absolute atomic E-state index is 0.114. The number of aliphatic hydroxyl groups excluding tert-OH is 1. The van der Waals surface area contributed by atoms with E-state index in [-0.39, 0.29) is 5.92 Å². The molecule has 17 heavy (non-hydrogen) atoms. The van der Waals surface area contributed by atoms with Gasteiger partial charge in [-0.05, 0) is 6.07 Å². The Hall–Kier alpha value is -1.57. The molecular formula is C12H11ClN2O2.